The van der Waals surface area contributed by atoms with Crippen molar-refractivity contribution in [1.29, 1.82) is 0 Å². The first kappa shape index (κ1) is 20.4. The minimum Gasteiger partial charge on any atom is -0.415 e. The van der Waals surface area contributed by atoms with E-state index < -0.39 is 0 Å². The van der Waals surface area contributed by atoms with Crippen LogP contribution in [0.1, 0.15) is 40.6 Å². The van der Waals surface area contributed by atoms with Gasteiger partial charge in [-0.3, -0.25) is 4.79 Å². The molecule has 10 heteroatoms. The van der Waals surface area contributed by atoms with E-state index in [0.29, 0.717) is 22.0 Å². The number of hydrogen-bond acceptors (Lipinski definition) is 9. The van der Waals surface area contributed by atoms with E-state index in [-0.39, 0.29) is 11.7 Å². The van der Waals surface area contributed by atoms with Crippen LogP contribution in [0.15, 0.2) is 26.9 Å². The summed E-state index contributed by atoms with van der Waals surface area (Å²) in [5, 5.41) is 13.0. The number of nitrogens with zero attached hydrogens (tertiary/aromatic N) is 4. The maximum Gasteiger partial charge on any atom is 0.277 e. The molecule has 1 aliphatic carbocycles. The zero-order chi connectivity index (χ0) is 20.2. The third-order valence-electron chi connectivity index (χ3n) is 4.32. The lowest BCUT2D eigenvalue weighted by Crippen LogP contribution is -2.12. The van der Waals surface area contributed by atoms with Gasteiger partial charge in [-0.05, 0) is 57.2 Å². The van der Waals surface area contributed by atoms with Gasteiger partial charge in [0.25, 0.3) is 5.22 Å². The lowest BCUT2D eigenvalue weighted by Gasteiger charge is -2.08. The summed E-state index contributed by atoms with van der Waals surface area (Å²) in [6.45, 7) is 3.88. The number of amides is 1. The highest BCUT2D eigenvalue weighted by molar-refractivity contribution is 7.99. The molecule has 0 bridgehead atoms. The van der Waals surface area contributed by atoms with Crippen molar-refractivity contribution in [2.24, 2.45) is 0 Å². The molecule has 0 aliphatic heterocycles. The number of fused-ring (bicyclic) bond motifs is 1. The molecule has 152 valence electrons. The van der Waals surface area contributed by atoms with Crippen LogP contribution in [0.5, 0.6) is 0 Å². The number of aryl methyl sites for hydroxylation is 4. The van der Waals surface area contributed by atoms with Gasteiger partial charge in [-0.2, -0.15) is 0 Å². The van der Waals surface area contributed by atoms with Crippen molar-refractivity contribution in [3.8, 4) is 0 Å². The van der Waals surface area contributed by atoms with Gasteiger partial charge in [0.1, 0.15) is 0 Å². The SMILES string of the molecule is Cc1cc(C)nc(SCc2nnc(SCC(=O)Nc3cc4c(s3)CCCC4)o2)n1. The zero-order valence-corrected chi connectivity index (χ0v) is 18.7. The van der Waals surface area contributed by atoms with E-state index >= 15 is 0 Å². The van der Waals surface area contributed by atoms with Crippen LogP contribution in [0.3, 0.4) is 0 Å². The van der Waals surface area contributed by atoms with Crippen molar-refractivity contribution < 1.29 is 9.21 Å². The van der Waals surface area contributed by atoms with Crippen molar-refractivity contribution in [2.45, 2.75) is 55.7 Å². The molecule has 0 aromatic carbocycles. The molecule has 0 fully saturated rings. The lowest BCUT2D eigenvalue weighted by molar-refractivity contribution is -0.113. The molecule has 1 aliphatic rings. The Morgan fingerprint density at radius 2 is 1.93 bits per heavy atom. The summed E-state index contributed by atoms with van der Waals surface area (Å²) in [6, 6.07) is 4.04. The predicted octanol–water partition coefficient (Wildman–Crippen LogP) is 4.44. The fourth-order valence-electron chi connectivity index (χ4n) is 3.09. The van der Waals surface area contributed by atoms with Crippen LogP contribution >= 0.6 is 34.9 Å². The molecule has 29 heavy (non-hydrogen) atoms. The summed E-state index contributed by atoms with van der Waals surface area (Å²) < 4.78 is 5.62. The summed E-state index contributed by atoms with van der Waals surface area (Å²) in [6.07, 6.45) is 4.72. The Hall–Kier alpha value is -1.91. The van der Waals surface area contributed by atoms with Gasteiger partial charge in [0.2, 0.25) is 11.8 Å². The predicted molar refractivity (Wildman–Crippen MR) is 116 cm³/mol. The van der Waals surface area contributed by atoms with E-state index in [2.05, 4.69) is 31.5 Å². The summed E-state index contributed by atoms with van der Waals surface area (Å²) in [5.41, 5.74) is 3.25. The van der Waals surface area contributed by atoms with Gasteiger partial charge < -0.3 is 9.73 Å². The van der Waals surface area contributed by atoms with E-state index in [1.54, 1.807) is 11.3 Å². The average Bonchev–Trinajstić information content (AvgIpc) is 3.30. The summed E-state index contributed by atoms with van der Waals surface area (Å²) in [5.74, 6) is 1.15. The summed E-state index contributed by atoms with van der Waals surface area (Å²) >= 11 is 4.38. The van der Waals surface area contributed by atoms with Gasteiger partial charge in [-0.15, -0.1) is 21.5 Å². The Morgan fingerprint density at radius 1 is 1.14 bits per heavy atom. The second kappa shape index (κ2) is 9.27. The van der Waals surface area contributed by atoms with Gasteiger partial charge in [0.05, 0.1) is 16.5 Å². The highest BCUT2D eigenvalue weighted by atomic mass is 32.2. The molecule has 7 nitrogen and oxygen atoms in total. The first-order chi connectivity index (χ1) is 14.0. The van der Waals surface area contributed by atoms with Gasteiger partial charge in [0.15, 0.2) is 5.16 Å². The lowest BCUT2D eigenvalue weighted by atomic mass is 10.00. The van der Waals surface area contributed by atoms with E-state index in [1.165, 1.54) is 46.8 Å². The van der Waals surface area contributed by atoms with E-state index in [1.807, 2.05) is 19.9 Å². The van der Waals surface area contributed by atoms with Gasteiger partial charge in [0, 0.05) is 16.3 Å². The van der Waals surface area contributed by atoms with Gasteiger partial charge in [-0.25, -0.2) is 9.97 Å². The topological polar surface area (TPSA) is 93.8 Å². The van der Waals surface area contributed by atoms with Crippen molar-refractivity contribution in [2.75, 3.05) is 11.1 Å². The Bertz CT molecular complexity index is 973. The molecule has 3 aromatic rings. The highest BCUT2D eigenvalue weighted by Crippen LogP contribution is 2.33. The molecule has 0 saturated heterocycles. The molecule has 1 N–H and O–H groups in total. The van der Waals surface area contributed by atoms with Gasteiger partial charge in [-0.1, -0.05) is 23.5 Å². The standard InChI is InChI=1S/C19H21N5O2S3/c1-11-7-12(2)21-18(20-11)27-10-16-23-24-19(26-16)28-9-15(25)22-17-8-13-5-3-4-6-14(13)29-17/h7-8H,3-6,9-10H2,1-2H3,(H,22,25). The second-order valence-electron chi connectivity index (χ2n) is 6.79. The minimum atomic E-state index is -0.0636. The number of carbonyl (C=O) groups excluding carboxylic acids is 1. The number of aromatic nitrogens is 4. The molecule has 0 radical (unpaired) electrons. The fraction of sp³-hybridized carbons (Fsp3) is 0.421. The minimum absolute atomic E-state index is 0.0636. The van der Waals surface area contributed by atoms with E-state index in [9.17, 15) is 4.79 Å². The van der Waals surface area contributed by atoms with E-state index in [4.69, 9.17) is 4.42 Å². The molecule has 1 amide bonds. The molecular weight excluding hydrogens is 426 g/mol. The summed E-state index contributed by atoms with van der Waals surface area (Å²) in [4.78, 5) is 22.4. The van der Waals surface area contributed by atoms with E-state index in [0.717, 1.165) is 29.2 Å². The number of thiophene rings is 1. The maximum absolute atomic E-state index is 12.2. The van der Waals surface area contributed by atoms with Gasteiger partial charge >= 0.3 is 0 Å². The molecule has 0 saturated carbocycles. The monoisotopic (exact) mass is 447 g/mol. The number of thioether (sulfide) groups is 2. The Balaban J connectivity index is 1.25. The third-order valence-corrected chi connectivity index (χ3v) is 7.12. The number of carbonyl (C=O) groups is 1. The van der Waals surface area contributed by atoms with Crippen LogP contribution in [0.4, 0.5) is 5.00 Å². The van der Waals surface area contributed by atoms with Crippen LogP contribution in [0.25, 0.3) is 0 Å². The van der Waals surface area contributed by atoms with Crippen LogP contribution in [-0.4, -0.2) is 31.8 Å². The smallest absolute Gasteiger partial charge is 0.277 e. The molecule has 4 rings (SSSR count). The fourth-order valence-corrected chi connectivity index (χ4v) is 5.63. The average molecular weight is 448 g/mol. The van der Waals surface area contributed by atoms with Crippen LogP contribution in [0.2, 0.25) is 0 Å². The van der Waals surface area contributed by atoms with Crippen LogP contribution < -0.4 is 5.32 Å². The first-order valence-corrected chi connectivity index (χ1v) is 12.2. The van der Waals surface area contributed by atoms with Crippen molar-refractivity contribution in [3.63, 3.8) is 0 Å². The number of anilines is 1. The molecule has 0 unspecified atom stereocenters. The number of nitrogens with one attached hydrogen (secondary N) is 1. The zero-order valence-electron chi connectivity index (χ0n) is 16.2. The quantitative estimate of drug-likeness (QED) is 0.420. The van der Waals surface area contributed by atoms with Crippen molar-refractivity contribution in [1.82, 2.24) is 20.2 Å². The Kier molecular flexibility index (Phi) is 6.51. The summed E-state index contributed by atoms with van der Waals surface area (Å²) in [7, 11) is 0. The Labute approximate surface area is 181 Å². The highest BCUT2D eigenvalue weighted by Gasteiger charge is 2.16. The largest absolute Gasteiger partial charge is 0.415 e. The molecule has 3 aromatic heterocycles. The molecule has 0 spiro atoms. The molecule has 3 heterocycles. The van der Waals surface area contributed by atoms with Crippen molar-refractivity contribution >= 4 is 45.8 Å². The third kappa shape index (κ3) is 5.58. The van der Waals surface area contributed by atoms with Crippen LogP contribution in [-0.2, 0) is 23.4 Å². The number of rotatable bonds is 7. The van der Waals surface area contributed by atoms with Crippen molar-refractivity contribution in [3.05, 3.63) is 39.9 Å². The number of hydrogen-bond donors (Lipinski definition) is 1. The molecule has 0 atom stereocenters. The Morgan fingerprint density at radius 3 is 2.72 bits per heavy atom. The molecular formula is C19H21N5O2S3. The van der Waals surface area contributed by atoms with Crippen LogP contribution in [0, 0.1) is 13.8 Å². The second-order valence-corrected chi connectivity index (χ2v) is 9.79. The normalized spacial score (nSPS) is 13.3. The maximum atomic E-state index is 12.2. The first-order valence-electron chi connectivity index (χ1n) is 9.37.